The van der Waals surface area contributed by atoms with Gasteiger partial charge in [0.25, 0.3) is 0 Å². The molecule has 1 atom stereocenters. The topological polar surface area (TPSA) is 35.2 Å². The van der Waals surface area contributed by atoms with Gasteiger partial charge in [-0.25, -0.2) is 4.39 Å². The third kappa shape index (κ3) is 4.10. The van der Waals surface area contributed by atoms with Crippen LogP contribution in [0, 0.1) is 5.82 Å². The van der Waals surface area contributed by atoms with E-state index in [0.29, 0.717) is 6.61 Å². The van der Waals surface area contributed by atoms with Crippen molar-refractivity contribution in [3.8, 4) is 5.75 Å². The van der Waals surface area contributed by atoms with Gasteiger partial charge in [-0.3, -0.25) is 0 Å². The van der Waals surface area contributed by atoms with E-state index in [4.69, 9.17) is 10.5 Å². The van der Waals surface area contributed by atoms with Gasteiger partial charge in [0, 0.05) is 6.04 Å². The largest absolute Gasteiger partial charge is 0.489 e. The maximum Gasteiger partial charge on any atom is 0.165 e. The zero-order valence-corrected chi connectivity index (χ0v) is 8.18. The molecule has 0 saturated carbocycles. The first-order valence-electron chi connectivity index (χ1n) is 3.83. The summed E-state index contributed by atoms with van der Waals surface area (Å²) < 4.78 is 18.0. The number of nitrogens with two attached hydrogens (primary N) is 1. The van der Waals surface area contributed by atoms with Crippen molar-refractivity contribution in [1.82, 2.24) is 0 Å². The van der Waals surface area contributed by atoms with Crippen LogP contribution >= 0.6 is 12.4 Å². The number of para-hydroxylation sites is 1. The van der Waals surface area contributed by atoms with Gasteiger partial charge in [0.15, 0.2) is 11.6 Å². The minimum absolute atomic E-state index is 0. The highest BCUT2D eigenvalue weighted by Gasteiger charge is 2.01. The molecule has 4 heteroatoms. The lowest BCUT2D eigenvalue weighted by Crippen LogP contribution is -2.23. The van der Waals surface area contributed by atoms with Gasteiger partial charge in [-0.1, -0.05) is 12.1 Å². The van der Waals surface area contributed by atoms with Crippen LogP contribution in [0.4, 0.5) is 4.39 Å². The van der Waals surface area contributed by atoms with E-state index in [1.165, 1.54) is 6.07 Å². The summed E-state index contributed by atoms with van der Waals surface area (Å²) in [6, 6.07) is 6.20. The average molecular weight is 206 g/mol. The Morgan fingerprint density at radius 1 is 1.46 bits per heavy atom. The second kappa shape index (κ2) is 5.78. The molecular formula is C9H13ClFNO. The molecule has 1 aromatic rings. The van der Waals surface area contributed by atoms with Gasteiger partial charge in [-0.2, -0.15) is 0 Å². The van der Waals surface area contributed by atoms with Crippen LogP contribution in [0.25, 0.3) is 0 Å². The summed E-state index contributed by atoms with van der Waals surface area (Å²) in [5.41, 5.74) is 5.44. The maximum absolute atomic E-state index is 12.9. The predicted molar refractivity (Wildman–Crippen MR) is 52.8 cm³/mol. The Hall–Kier alpha value is -0.800. The maximum atomic E-state index is 12.9. The van der Waals surface area contributed by atoms with Crippen molar-refractivity contribution in [2.75, 3.05) is 6.61 Å². The van der Waals surface area contributed by atoms with E-state index in [1.807, 2.05) is 0 Å². The number of hydrogen-bond donors (Lipinski definition) is 1. The van der Waals surface area contributed by atoms with Crippen molar-refractivity contribution in [3.05, 3.63) is 30.1 Å². The number of benzene rings is 1. The summed E-state index contributed by atoms with van der Waals surface area (Å²) in [5.74, 6) is -0.0899. The van der Waals surface area contributed by atoms with Gasteiger partial charge in [0.2, 0.25) is 0 Å². The molecule has 13 heavy (non-hydrogen) atoms. The van der Waals surface area contributed by atoms with Crippen molar-refractivity contribution in [2.45, 2.75) is 13.0 Å². The van der Waals surface area contributed by atoms with Crippen LogP contribution < -0.4 is 10.5 Å². The van der Waals surface area contributed by atoms with Crippen LogP contribution in [0.3, 0.4) is 0 Å². The molecule has 2 nitrogen and oxygen atoms in total. The van der Waals surface area contributed by atoms with Gasteiger partial charge >= 0.3 is 0 Å². The fourth-order valence-corrected chi connectivity index (χ4v) is 0.783. The molecule has 0 aliphatic rings. The second-order valence-corrected chi connectivity index (χ2v) is 2.72. The quantitative estimate of drug-likeness (QED) is 0.819. The summed E-state index contributed by atoms with van der Waals surface area (Å²) in [6.45, 7) is 2.14. The normalized spacial score (nSPS) is 11.6. The van der Waals surface area contributed by atoms with Crippen LogP contribution in [0.2, 0.25) is 0 Å². The van der Waals surface area contributed by atoms with Gasteiger partial charge in [-0.05, 0) is 19.1 Å². The fraction of sp³-hybridized carbons (Fsp3) is 0.333. The minimum Gasteiger partial charge on any atom is -0.489 e. The molecule has 0 heterocycles. The van der Waals surface area contributed by atoms with Gasteiger partial charge in [0.05, 0.1) is 0 Å². The Balaban J connectivity index is 0.00000144. The monoisotopic (exact) mass is 205 g/mol. The summed E-state index contributed by atoms with van der Waals surface area (Å²) >= 11 is 0. The lowest BCUT2D eigenvalue weighted by molar-refractivity contribution is 0.282. The average Bonchev–Trinajstić information content (AvgIpc) is 2.03. The SMILES string of the molecule is CC(N)COc1ccccc1F.Cl. The Kier molecular flexibility index (Phi) is 5.42. The molecule has 0 aromatic heterocycles. The standard InChI is InChI=1S/C9H12FNO.ClH/c1-7(11)6-12-9-5-3-2-4-8(9)10;/h2-5,7H,6,11H2,1H3;1H. The first-order chi connectivity index (χ1) is 5.70. The Bertz CT molecular complexity index is 255. The van der Waals surface area contributed by atoms with E-state index in [9.17, 15) is 4.39 Å². The zero-order valence-electron chi connectivity index (χ0n) is 7.37. The van der Waals surface area contributed by atoms with E-state index in [0.717, 1.165) is 0 Å². The third-order valence-electron chi connectivity index (χ3n) is 1.34. The third-order valence-corrected chi connectivity index (χ3v) is 1.34. The summed E-state index contributed by atoms with van der Waals surface area (Å²) in [6.07, 6.45) is 0. The van der Waals surface area contributed by atoms with E-state index >= 15 is 0 Å². The van der Waals surface area contributed by atoms with Crippen LogP contribution in [-0.2, 0) is 0 Å². The Morgan fingerprint density at radius 3 is 2.62 bits per heavy atom. The minimum atomic E-state index is -0.349. The Morgan fingerprint density at radius 2 is 2.08 bits per heavy atom. The highest BCUT2D eigenvalue weighted by molar-refractivity contribution is 5.85. The first-order valence-corrected chi connectivity index (χ1v) is 3.83. The Labute approximate surface area is 83.3 Å². The molecule has 0 aliphatic carbocycles. The molecule has 0 amide bonds. The van der Waals surface area contributed by atoms with Crippen molar-refractivity contribution >= 4 is 12.4 Å². The lowest BCUT2D eigenvalue weighted by Gasteiger charge is -2.08. The zero-order chi connectivity index (χ0) is 8.97. The molecule has 74 valence electrons. The second-order valence-electron chi connectivity index (χ2n) is 2.72. The molecule has 0 aliphatic heterocycles. The first kappa shape index (κ1) is 12.2. The van der Waals surface area contributed by atoms with Crippen molar-refractivity contribution < 1.29 is 9.13 Å². The highest BCUT2D eigenvalue weighted by atomic mass is 35.5. The number of rotatable bonds is 3. The summed E-state index contributed by atoms with van der Waals surface area (Å²) in [7, 11) is 0. The molecule has 0 spiro atoms. The van der Waals surface area contributed by atoms with Crippen LogP contribution in [0.5, 0.6) is 5.75 Å². The number of ether oxygens (including phenoxy) is 1. The van der Waals surface area contributed by atoms with Crippen LogP contribution in [-0.4, -0.2) is 12.6 Å². The van der Waals surface area contributed by atoms with Crippen LogP contribution in [0.15, 0.2) is 24.3 Å². The molecule has 2 N–H and O–H groups in total. The lowest BCUT2D eigenvalue weighted by atomic mass is 10.3. The van der Waals surface area contributed by atoms with Crippen molar-refractivity contribution in [1.29, 1.82) is 0 Å². The molecule has 0 bridgehead atoms. The highest BCUT2D eigenvalue weighted by Crippen LogP contribution is 2.14. The molecular weight excluding hydrogens is 193 g/mol. The molecule has 1 rings (SSSR count). The van der Waals surface area contributed by atoms with Crippen molar-refractivity contribution in [2.24, 2.45) is 5.73 Å². The van der Waals surface area contributed by atoms with Crippen LogP contribution in [0.1, 0.15) is 6.92 Å². The number of hydrogen-bond acceptors (Lipinski definition) is 2. The smallest absolute Gasteiger partial charge is 0.165 e. The van der Waals surface area contributed by atoms with E-state index < -0.39 is 0 Å². The van der Waals surface area contributed by atoms with E-state index in [-0.39, 0.29) is 30.0 Å². The molecule has 0 radical (unpaired) electrons. The fourth-order valence-electron chi connectivity index (χ4n) is 0.783. The molecule has 0 saturated heterocycles. The predicted octanol–water partition coefficient (Wildman–Crippen LogP) is 1.97. The van der Waals surface area contributed by atoms with E-state index in [2.05, 4.69) is 0 Å². The van der Waals surface area contributed by atoms with Gasteiger partial charge in [-0.15, -0.1) is 12.4 Å². The summed E-state index contributed by atoms with van der Waals surface area (Å²) in [4.78, 5) is 0. The van der Waals surface area contributed by atoms with Gasteiger partial charge < -0.3 is 10.5 Å². The molecule has 1 unspecified atom stereocenters. The van der Waals surface area contributed by atoms with E-state index in [1.54, 1.807) is 25.1 Å². The number of halogens is 2. The molecule has 0 fully saturated rings. The summed E-state index contributed by atoms with van der Waals surface area (Å²) in [5, 5.41) is 0. The molecule has 1 aromatic carbocycles. The van der Waals surface area contributed by atoms with Crippen molar-refractivity contribution in [3.63, 3.8) is 0 Å². The van der Waals surface area contributed by atoms with Gasteiger partial charge in [0.1, 0.15) is 6.61 Å².